The lowest BCUT2D eigenvalue weighted by Gasteiger charge is -2.35. The zero-order valence-corrected chi connectivity index (χ0v) is 24.8. The van der Waals surface area contributed by atoms with Crippen LogP contribution in [0.3, 0.4) is 0 Å². The average Bonchev–Trinajstić information content (AvgIpc) is 3.58. The van der Waals surface area contributed by atoms with Crippen molar-refractivity contribution >= 4 is 0 Å². The first-order valence-electron chi connectivity index (χ1n) is 15.4. The summed E-state index contributed by atoms with van der Waals surface area (Å²) >= 11 is 0. The van der Waals surface area contributed by atoms with Crippen molar-refractivity contribution < 1.29 is 14.6 Å². The van der Waals surface area contributed by atoms with Gasteiger partial charge >= 0.3 is 0 Å². The van der Waals surface area contributed by atoms with E-state index in [1.807, 2.05) is 54.6 Å². The fourth-order valence-electron chi connectivity index (χ4n) is 6.55. The van der Waals surface area contributed by atoms with Crippen LogP contribution in [0.2, 0.25) is 0 Å². The van der Waals surface area contributed by atoms with Crippen LogP contribution < -0.4 is 9.47 Å². The van der Waals surface area contributed by atoms with Crippen molar-refractivity contribution in [1.82, 2.24) is 9.88 Å². The number of aromatic nitrogens is 1. The molecule has 1 aromatic heterocycles. The maximum atomic E-state index is 10.1. The van der Waals surface area contributed by atoms with Crippen molar-refractivity contribution in [1.29, 1.82) is 10.5 Å². The highest BCUT2D eigenvalue weighted by Gasteiger charge is 2.28. The van der Waals surface area contributed by atoms with Gasteiger partial charge in [0.15, 0.2) is 0 Å². The van der Waals surface area contributed by atoms with Gasteiger partial charge in [0.05, 0.1) is 17.7 Å². The van der Waals surface area contributed by atoms with Crippen LogP contribution in [0.1, 0.15) is 64.6 Å². The molecule has 0 saturated carbocycles. The number of aliphatic hydroxyl groups excluding tert-OH is 1. The lowest BCUT2D eigenvalue weighted by Crippen LogP contribution is -2.41. The van der Waals surface area contributed by atoms with Gasteiger partial charge in [0.25, 0.3) is 0 Å². The third kappa shape index (κ3) is 6.31. The molecule has 6 rings (SSSR count). The zero-order chi connectivity index (χ0) is 30.3. The van der Waals surface area contributed by atoms with Gasteiger partial charge in [-0.3, -0.25) is 9.88 Å². The van der Waals surface area contributed by atoms with E-state index in [9.17, 15) is 15.6 Å². The number of nitrogens with zero attached hydrogens (tertiary/aromatic N) is 4. The summed E-state index contributed by atoms with van der Waals surface area (Å²) in [5, 5.41) is 29.6. The van der Waals surface area contributed by atoms with Gasteiger partial charge in [-0.25, -0.2) is 0 Å². The summed E-state index contributed by atoms with van der Waals surface area (Å²) in [6.45, 7) is 2.34. The Labute approximate surface area is 258 Å². The Balaban J connectivity index is 1.33. The smallest absolute Gasteiger partial charge is 0.128 e. The third-order valence-corrected chi connectivity index (χ3v) is 8.81. The lowest BCUT2D eigenvalue weighted by molar-refractivity contribution is 0.0828. The number of ether oxygens (including phenoxy) is 2. The van der Waals surface area contributed by atoms with Crippen LogP contribution in [0.25, 0.3) is 11.1 Å². The molecule has 0 spiro atoms. The molecule has 7 nitrogen and oxygen atoms in total. The SMILES string of the molecule is N#Cc1cncc(COc2cc(OCc3cccc(-c4ccccc4)c3C#N)c3c(c2CN2CCCC[C@H]2CO)CCC3)c1. The molecule has 7 heteroatoms. The van der Waals surface area contributed by atoms with E-state index in [4.69, 9.17) is 9.47 Å². The van der Waals surface area contributed by atoms with Crippen molar-refractivity contribution in [3.05, 3.63) is 112 Å². The van der Waals surface area contributed by atoms with Gasteiger partial charge in [0.2, 0.25) is 0 Å². The van der Waals surface area contributed by atoms with Crippen molar-refractivity contribution in [2.24, 2.45) is 0 Å². The second kappa shape index (κ2) is 13.7. The van der Waals surface area contributed by atoms with Gasteiger partial charge in [-0.2, -0.15) is 10.5 Å². The fourth-order valence-corrected chi connectivity index (χ4v) is 6.55. The highest BCUT2D eigenvalue weighted by atomic mass is 16.5. The summed E-state index contributed by atoms with van der Waals surface area (Å²) in [5.41, 5.74) is 8.29. The number of aliphatic hydroxyl groups is 1. The van der Waals surface area contributed by atoms with Crippen LogP contribution in [-0.2, 0) is 32.6 Å². The van der Waals surface area contributed by atoms with E-state index in [0.29, 0.717) is 17.7 Å². The molecule has 1 atom stereocenters. The number of nitriles is 2. The van der Waals surface area contributed by atoms with Crippen LogP contribution in [0.4, 0.5) is 0 Å². The number of fused-ring (bicyclic) bond motifs is 1. The number of piperidine rings is 1. The lowest BCUT2D eigenvalue weighted by atomic mass is 9.96. The number of benzene rings is 3. The summed E-state index contributed by atoms with van der Waals surface area (Å²) in [7, 11) is 0. The Bertz CT molecular complexity index is 1710. The largest absolute Gasteiger partial charge is 0.488 e. The van der Waals surface area contributed by atoms with E-state index in [1.165, 1.54) is 11.1 Å². The van der Waals surface area contributed by atoms with E-state index >= 15 is 0 Å². The summed E-state index contributed by atoms with van der Waals surface area (Å²) in [6.07, 6.45) is 9.41. The monoisotopic (exact) mass is 584 g/mol. The van der Waals surface area contributed by atoms with Gasteiger partial charge in [-0.05, 0) is 67.0 Å². The summed E-state index contributed by atoms with van der Waals surface area (Å²) in [4.78, 5) is 6.58. The predicted octanol–water partition coefficient (Wildman–Crippen LogP) is 6.49. The van der Waals surface area contributed by atoms with E-state index in [2.05, 4.69) is 22.0 Å². The van der Waals surface area contributed by atoms with E-state index in [1.54, 1.807) is 18.5 Å². The molecule has 4 aromatic rings. The third-order valence-electron chi connectivity index (χ3n) is 8.81. The number of hydrogen-bond acceptors (Lipinski definition) is 7. The van der Waals surface area contributed by atoms with Crippen LogP contribution >= 0.6 is 0 Å². The molecule has 44 heavy (non-hydrogen) atoms. The second-order valence-corrected chi connectivity index (χ2v) is 11.6. The maximum Gasteiger partial charge on any atom is 0.128 e. The average molecular weight is 585 g/mol. The minimum absolute atomic E-state index is 0.141. The Morgan fingerprint density at radius 3 is 2.52 bits per heavy atom. The molecule has 1 saturated heterocycles. The van der Waals surface area contributed by atoms with Gasteiger partial charge < -0.3 is 14.6 Å². The Kier molecular flexibility index (Phi) is 9.17. The molecule has 2 aliphatic rings. The Hall–Kier alpha value is -4.69. The number of rotatable bonds is 10. The van der Waals surface area contributed by atoms with Crippen LogP contribution in [0, 0.1) is 22.7 Å². The molecule has 0 unspecified atom stereocenters. The Morgan fingerprint density at radius 2 is 1.70 bits per heavy atom. The first-order chi connectivity index (χ1) is 21.7. The van der Waals surface area contributed by atoms with E-state index in [-0.39, 0.29) is 25.9 Å². The van der Waals surface area contributed by atoms with Gasteiger partial charge in [-0.1, -0.05) is 55.0 Å². The van der Waals surface area contributed by atoms with Crippen molar-refractivity contribution in [2.45, 2.75) is 64.3 Å². The van der Waals surface area contributed by atoms with Crippen LogP contribution in [0.15, 0.2) is 73.1 Å². The molecule has 1 fully saturated rings. The molecule has 222 valence electrons. The molecule has 3 aromatic carbocycles. The first-order valence-corrected chi connectivity index (χ1v) is 15.4. The number of pyridine rings is 1. The molecular weight excluding hydrogens is 548 g/mol. The van der Waals surface area contributed by atoms with Gasteiger partial charge in [-0.15, -0.1) is 0 Å². The van der Waals surface area contributed by atoms with Crippen molar-refractivity contribution in [2.75, 3.05) is 13.2 Å². The van der Waals surface area contributed by atoms with E-state index < -0.39 is 0 Å². The molecule has 2 heterocycles. The van der Waals surface area contributed by atoms with Crippen LogP contribution in [-0.4, -0.2) is 34.2 Å². The topological polar surface area (TPSA) is 102 Å². The molecular formula is C37H36N4O3. The number of likely N-dealkylation sites (tertiary alicyclic amines) is 1. The fraction of sp³-hybridized carbons (Fsp3) is 0.324. The molecule has 0 radical (unpaired) electrons. The van der Waals surface area contributed by atoms with Crippen LogP contribution in [0.5, 0.6) is 11.5 Å². The molecule has 0 bridgehead atoms. The highest BCUT2D eigenvalue weighted by Crippen LogP contribution is 2.41. The standard InChI is InChI=1S/C37H36N4O3/c38-18-26-16-27(21-40-20-26)24-43-37-17-36(33-14-7-13-32(33)35(37)22-41-15-5-4-11-30(41)23-42)44-25-29-10-6-12-31(34(29)19-39)28-8-2-1-3-9-28/h1-3,6,8-10,12,16-17,20-21,30,42H,4-5,7,11,13-15,22-25H2/t30-/m0/s1. The Morgan fingerprint density at radius 1 is 0.864 bits per heavy atom. The maximum absolute atomic E-state index is 10.1. The molecule has 1 aliphatic heterocycles. The summed E-state index contributed by atoms with van der Waals surface area (Å²) < 4.78 is 13.0. The predicted molar refractivity (Wildman–Crippen MR) is 168 cm³/mol. The molecule has 0 amide bonds. The van der Waals surface area contributed by atoms with Crippen molar-refractivity contribution in [3.8, 4) is 34.8 Å². The van der Waals surface area contributed by atoms with Gasteiger partial charge in [0, 0.05) is 47.7 Å². The highest BCUT2D eigenvalue weighted by molar-refractivity contribution is 5.72. The summed E-state index contributed by atoms with van der Waals surface area (Å²) in [6, 6.07) is 24.4. The minimum atomic E-state index is 0.141. The quantitative estimate of drug-likeness (QED) is 0.227. The van der Waals surface area contributed by atoms with Gasteiger partial charge in [0.1, 0.15) is 36.9 Å². The minimum Gasteiger partial charge on any atom is -0.488 e. The zero-order valence-electron chi connectivity index (χ0n) is 24.8. The second-order valence-electron chi connectivity index (χ2n) is 11.6. The van der Waals surface area contributed by atoms with E-state index in [0.717, 1.165) is 84.4 Å². The molecule has 1 N–H and O–H groups in total. The molecule has 1 aliphatic carbocycles. The first kappa shape index (κ1) is 29.4. The van der Waals surface area contributed by atoms with Crippen molar-refractivity contribution in [3.63, 3.8) is 0 Å². The normalized spacial score (nSPS) is 16.1. The summed E-state index contributed by atoms with van der Waals surface area (Å²) in [5.74, 6) is 1.54. The number of hydrogen-bond donors (Lipinski definition) is 1.